The summed E-state index contributed by atoms with van der Waals surface area (Å²) in [6.07, 6.45) is -0.196. The number of benzene rings is 2. The van der Waals surface area contributed by atoms with Crippen LogP contribution in [0.4, 0.5) is 5.69 Å². The predicted molar refractivity (Wildman–Crippen MR) is 124 cm³/mol. The Morgan fingerprint density at radius 2 is 1.62 bits per heavy atom. The van der Waals surface area contributed by atoms with Gasteiger partial charge in [0, 0.05) is 18.7 Å². The van der Waals surface area contributed by atoms with Gasteiger partial charge in [0.25, 0.3) is 0 Å². The molecule has 2 N–H and O–H groups in total. The predicted octanol–water partition coefficient (Wildman–Crippen LogP) is 1.90. The number of morpholine rings is 1. The largest absolute Gasteiger partial charge is 0.497 e. The third kappa shape index (κ3) is 4.70. The third-order valence-corrected chi connectivity index (χ3v) is 6.42. The molecule has 2 saturated heterocycles. The van der Waals surface area contributed by atoms with Crippen LogP contribution in [0, 0.1) is 5.92 Å². The zero-order chi connectivity index (χ0) is 24.2. The minimum atomic E-state index is -0.833. The molecule has 3 amide bonds. The highest BCUT2D eigenvalue weighted by atomic mass is 16.5. The topological polar surface area (TPSA) is 111 Å². The van der Waals surface area contributed by atoms with Gasteiger partial charge in [0.1, 0.15) is 11.5 Å². The summed E-state index contributed by atoms with van der Waals surface area (Å²) in [6.45, 7) is 0.710. The van der Waals surface area contributed by atoms with Crippen molar-refractivity contribution in [2.45, 2.75) is 25.0 Å². The van der Waals surface area contributed by atoms with Gasteiger partial charge in [-0.25, -0.2) is 0 Å². The maximum absolute atomic E-state index is 13.7. The Morgan fingerprint density at radius 3 is 2.21 bits per heavy atom. The minimum Gasteiger partial charge on any atom is -0.497 e. The number of carbonyl (C=O) groups is 3. The lowest BCUT2D eigenvalue weighted by Gasteiger charge is -2.43. The summed E-state index contributed by atoms with van der Waals surface area (Å²) in [5.41, 5.74) is 6.92. The summed E-state index contributed by atoms with van der Waals surface area (Å²) < 4.78 is 16.0. The van der Waals surface area contributed by atoms with Gasteiger partial charge in [-0.15, -0.1) is 0 Å². The molecular formula is C25H29N3O6. The molecule has 0 saturated carbocycles. The standard InChI is InChI=1S/C25H29N3O6/c1-32-18-7-3-16(4-8-18)23-20(25(31)27-13-14-34-21(15-27)24(26)30)11-12-22(29)28(23)17-5-9-19(33-2)10-6-17/h3-10,20-21,23H,11-15H2,1-2H3,(H2,26,30). The summed E-state index contributed by atoms with van der Waals surface area (Å²) in [5, 5.41) is 0. The molecule has 0 aliphatic carbocycles. The molecular weight excluding hydrogens is 438 g/mol. The second kappa shape index (κ2) is 10.1. The minimum absolute atomic E-state index is 0.0629. The lowest BCUT2D eigenvalue weighted by Crippen LogP contribution is -2.55. The average molecular weight is 468 g/mol. The lowest BCUT2D eigenvalue weighted by molar-refractivity contribution is -0.149. The number of amides is 3. The number of hydrogen-bond donors (Lipinski definition) is 1. The van der Waals surface area contributed by atoms with Crippen molar-refractivity contribution in [3.8, 4) is 11.5 Å². The molecule has 9 heteroatoms. The van der Waals surface area contributed by atoms with E-state index in [1.54, 1.807) is 36.2 Å². The third-order valence-electron chi connectivity index (χ3n) is 6.42. The highest BCUT2D eigenvalue weighted by Gasteiger charge is 2.44. The van der Waals surface area contributed by atoms with Crippen molar-refractivity contribution >= 4 is 23.4 Å². The first-order valence-corrected chi connectivity index (χ1v) is 11.2. The van der Waals surface area contributed by atoms with Crippen molar-refractivity contribution in [3.05, 3.63) is 54.1 Å². The molecule has 2 aliphatic rings. The van der Waals surface area contributed by atoms with Crippen LogP contribution in [0.25, 0.3) is 0 Å². The fourth-order valence-corrected chi connectivity index (χ4v) is 4.64. The van der Waals surface area contributed by atoms with E-state index < -0.39 is 24.0 Å². The van der Waals surface area contributed by atoms with Crippen LogP contribution < -0.4 is 20.1 Å². The molecule has 2 aromatic carbocycles. The van der Waals surface area contributed by atoms with Gasteiger partial charge in [0.2, 0.25) is 17.7 Å². The second-order valence-corrected chi connectivity index (χ2v) is 8.37. The number of ether oxygens (including phenoxy) is 3. The van der Waals surface area contributed by atoms with E-state index in [1.165, 1.54) is 0 Å². The van der Waals surface area contributed by atoms with Crippen molar-refractivity contribution in [1.29, 1.82) is 0 Å². The van der Waals surface area contributed by atoms with Gasteiger partial charge in [-0.3, -0.25) is 14.4 Å². The van der Waals surface area contributed by atoms with Gasteiger partial charge in [-0.2, -0.15) is 0 Å². The molecule has 180 valence electrons. The molecule has 4 rings (SSSR count). The Morgan fingerprint density at radius 1 is 1.00 bits per heavy atom. The molecule has 3 unspecified atom stereocenters. The van der Waals surface area contributed by atoms with E-state index in [-0.39, 0.29) is 31.4 Å². The van der Waals surface area contributed by atoms with E-state index in [4.69, 9.17) is 19.9 Å². The van der Waals surface area contributed by atoms with E-state index in [1.807, 2.05) is 36.4 Å². The van der Waals surface area contributed by atoms with Gasteiger partial charge >= 0.3 is 0 Å². The highest BCUT2D eigenvalue weighted by Crippen LogP contribution is 2.41. The molecule has 2 fully saturated rings. The molecule has 9 nitrogen and oxygen atoms in total. The maximum atomic E-state index is 13.7. The van der Waals surface area contributed by atoms with E-state index in [9.17, 15) is 14.4 Å². The van der Waals surface area contributed by atoms with Crippen molar-refractivity contribution in [3.63, 3.8) is 0 Å². The first kappa shape index (κ1) is 23.6. The molecule has 2 heterocycles. The number of nitrogens with two attached hydrogens (primary N) is 1. The fourth-order valence-electron chi connectivity index (χ4n) is 4.64. The zero-order valence-electron chi connectivity index (χ0n) is 19.3. The number of primary amides is 1. The normalized spacial score (nSPS) is 22.9. The summed E-state index contributed by atoms with van der Waals surface area (Å²) in [4.78, 5) is 41.9. The molecule has 0 radical (unpaired) electrons. The Balaban J connectivity index is 1.72. The first-order chi connectivity index (χ1) is 16.4. The Labute approximate surface area is 198 Å². The number of rotatable bonds is 6. The number of methoxy groups -OCH3 is 2. The smallest absolute Gasteiger partial charge is 0.248 e. The van der Waals surface area contributed by atoms with Crippen molar-refractivity contribution in [2.24, 2.45) is 11.7 Å². The number of anilines is 1. The fraction of sp³-hybridized carbons (Fsp3) is 0.400. The SMILES string of the molecule is COc1ccc(C2C(C(=O)N3CCOC(C(N)=O)C3)CCC(=O)N2c2ccc(OC)cc2)cc1. The quantitative estimate of drug-likeness (QED) is 0.695. The van der Waals surface area contributed by atoms with Crippen molar-refractivity contribution < 1.29 is 28.6 Å². The molecule has 3 atom stereocenters. The van der Waals surface area contributed by atoms with E-state index in [2.05, 4.69) is 0 Å². The highest BCUT2D eigenvalue weighted by molar-refractivity contribution is 5.97. The first-order valence-electron chi connectivity index (χ1n) is 11.2. The molecule has 0 aromatic heterocycles. The number of nitrogens with zero attached hydrogens (tertiary/aromatic N) is 2. The zero-order valence-corrected chi connectivity index (χ0v) is 19.3. The van der Waals surface area contributed by atoms with Gasteiger partial charge in [-0.05, 0) is 48.4 Å². The number of hydrogen-bond acceptors (Lipinski definition) is 6. The monoisotopic (exact) mass is 467 g/mol. The maximum Gasteiger partial charge on any atom is 0.248 e. The summed E-state index contributed by atoms with van der Waals surface area (Å²) in [5.74, 6) is 0.0750. The van der Waals surface area contributed by atoms with Crippen LogP contribution >= 0.6 is 0 Å². The van der Waals surface area contributed by atoms with Crippen LogP contribution in [0.5, 0.6) is 11.5 Å². The summed E-state index contributed by atoms with van der Waals surface area (Å²) in [7, 11) is 3.17. The second-order valence-electron chi connectivity index (χ2n) is 8.37. The van der Waals surface area contributed by atoms with E-state index >= 15 is 0 Å². The van der Waals surface area contributed by atoms with Gasteiger partial charge in [0.05, 0.1) is 39.3 Å². The summed E-state index contributed by atoms with van der Waals surface area (Å²) in [6, 6.07) is 14.1. The van der Waals surface area contributed by atoms with Crippen molar-refractivity contribution in [1.82, 2.24) is 4.90 Å². The molecule has 2 aliphatic heterocycles. The van der Waals surface area contributed by atoms with Gasteiger partial charge in [-0.1, -0.05) is 12.1 Å². The van der Waals surface area contributed by atoms with E-state index in [0.29, 0.717) is 30.2 Å². The van der Waals surface area contributed by atoms with Crippen LogP contribution in [0.1, 0.15) is 24.4 Å². The summed E-state index contributed by atoms with van der Waals surface area (Å²) >= 11 is 0. The Hall–Kier alpha value is -3.59. The van der Waals surface area contributed by atoms with E-state index in [0.717, 1.165) is 5.56 Å². The average Bonchev–Trinajstić information content (AvgIpc) is 2.88. The Bertz CT molecular complexity index is 1040. The lowest BCUT2D eigenvalue weighted by atomic mass is 9.82. The van der Waals surface area contributed by atoms with Crippen LogP contribution in [0.2, 0.25) is 0 Å². The Kier molecular flexibility index (Phi) is 7.02. The molecule has 34 heavy (non-hydrogen) atoms. The number of piperidine rings is 1. The van der Waals surface area contributed by atoms with Crippen LogP contribution in [-0.2, 0) is 19.1 Å². The van der Waals surface area contributed by atoms with Gasteiger partial charge < -0.3 is 29.7 Å². The number of carbonyl (C=O) groups excluding carboxylic acids is 3. The molecule has 2 aromatic rings. The van der Waals surface area contributed by atoms with Gasteiger partial charge in [0.15, 0.2) is 6.10 Å². The van der Waals surface area contributed by atoms with Crippen LogP contribution in [-0.4, -0.2) is 62.6 Å². The van der Waals surface area contributed by atoms with Crippen molar-refractivity contribution in [2.75, 3.05) is 38.8 Å². The van der Waals surface area contributed by atoms with Crippen LogP contribution in [0.3, 0.4) is 0 Å². The molecule has 0 bridgehead atoms. The van der Waals surface area contributed by atoms with Crippen LogP contribution in [0.15, 0.2) is 48.5 Å². The molecule has 0 spiro atoms.